The highest BCUT2D eigenvalue weighted by atomic mass is 32.2. The Morgan fingerprint density at radius 3 is 2.88 bits per heavy atom. The predicted octanol–water partition coefficient (Wildman–Crippen LogP) is 2.85. The van der Waals surface area contributed by atoms with Crippen molar-refractivity contribution in [2.75, 3.05) is 13.1 Å². The molecule has 1 aromatic carbocycles. The maximum absolute atomic E-state index is 13.4. The van der Waals surface area contributed by atoms with Crippen LogP contribution in [-0.4, -0.2) is 47.8 Å². The molecule has 25 heavy (non-hydrogen) atoms. The normalized spacial score (nSPS) is 27.0. The Labute approximate surface area is 149 Å². The van der Waals surface area contributed by atoms with Gasteiger partial charge in [-0.05, 0) is 38.3 Å². The van der Waals surface area contributed by atoms with E-state index < -0.39 is 10.0 Å². The van der Waals surface area contributed by atoms with Crippen LogP contribution < -0.4 is 0 Å². The van der Waals surface area contributed by atoms with Crippen LogP contribution in [0.15, 0.2) is 53.8 Å². The van der Waals surface area contributed by atoms with Crippen molar-refractivity contribution in [1.82, 2.24) is 14.2 Å². The molecule has 0 N–H and O–H groups in total. The Balaban J connectivity index is 1.75. The number of allylic oxidation sites excluding steroid dienone is 1. The third kappa shape index (κ3) is 2.47. The lowest BCUT2D eigenvalue weighted by Crippen LogP contribution is -2.43. The summed E-state index contributed by atoms with van der Waals surface area (Å²) in [6.07, 6.45) is 4.37. The van der Waals surface area contributed by atoms with E-state index in [1.807, 2.05) is 19.9 Å². The highest BCUT2D eigenvalue weighted by Gasteiger charge is 2.50. The number of aromatic nitrogens is 1. The molecule has 6 heteroatoms. The van der Waals surface area contributed by atoms with Crippen molar-refractivity contribution in [3.05, 3.63) is 48.9 Å². The maximum Gasteiger partial charge on any atom is 0.244 e. The molecule has 3 unspecified atom stereocenters. The Morgan fingerprint density at radius 1 is 1.32 bits per heavy atom. The van der Waals surface area contributed by atoms with Crippen molar-refractivity contribution in [3.8, 4) is 0 Å². The lowest BCUT2D eigenvalue weighted by atomic mass is 10.0. The number of pyridine rings is 1. The molecule has 2 saturated heterocycles. The summed E-state index contributed by atoms with van der Waals surface area (Å²) >= 11 is 0. The molecule has 3 atom stereocenters. The summed E-state index contributed by atoms with van der Waals surface area (Å²) in [4.78, 5) is 6.75. The lowest BCUT2D eigenvalue weighted by Gasteiger charge is -2.32. The van der Waals surface area contributed by atoms with Gasteiger partial charge in [-0.1, -0.05) is 18.7 Å². The SMILES string of the molecule is C=C(C)N1CCC2CN(S(=O)(=O)c3cccc4cnccc34)C(C)C21. The molecule has 2 aromatic rings. The number of benzene rings is 1. The van der Waals surface area contributed by atoms with Crippen molar-refractivity contribution in [2.45, 2.75) is 37.2 Å². The number of likely N-dealkylation sites (tertiary alicyclic amines) is 1. The molecule has 132 valence electrons. The number of hydrogen-bond acceptors (Lipinski definition) is 4. The summed E-state index contributed by atoms with van der Waals surface area (Å²) in [6, 6.07) is 7.33. The molecule has 0 spiro atoms. The summed E-state index contributed by atoms with van der Waals surface area (Å²) in [6.45, 7) is 9.66. The smallest absolute Gasteiger partial charge is 0.244 e. The van der Waals surface area contributed by atoms with Gasteiger partial charge in [-0.3, -0.25) is 4.98 Å². The van der Waals surface area contributed by atoms with Crippen LogP contribution in [-0.2, 0) is 10.0 Å². The zero-order chi connectivity index (χ0) is 17.8. The Kier molecular flexibility index (Phi) is 3.85. The summed E-state index contributed by atoms with van der Waals surface area (Å²) in [7, 11) is -3.56. The van der Waals surface area contributed by atoms with E-state index in [4.69, 9.17) is 0 Å². The lowest BCUT2D eigenvalue weighted by molar-refractivity contribution is 0.254. The highest BCUT2D eigenvalue weighted by Crippen LogP contribution is 2.40. The molecule has 2 aliphatic rings. The first-order valence-electron chi connectivity index (χ1n) is 8.68. The minimum absolute atomic E-state index is 0.0636. The molecular weight excluding hydrogens is 334 g/mol. The van der Waals surface area contributed by atoms with Gasteiger partial charge in [-0.2, -0.15) is 4.31 Å². The third-order valence-electron chi connectivity index (χ3n) is 5.66. The van der Waals surface area contributed by atoms with Crippen LogP contribution in [0.3, 0.4) is 0 Å². The van der Waals surface area contributed by atoms with E-state index in [0.717, 1.165) is 29.4 Å². The van der Waals surface area contributed by atoms with Crippen LogP contribution in [0.5, 0.6) is 0 Å². The largest absolute Gasteiger partial charge is 0.371 e. The van der Waals surface area contributed by atoms with Crippen molar-refractivity contribution < 1.29 is 8.42 Å². The van der Waals surface area contributed by atoms with Crippen LogP contribution in [0.25, 0.3) is 10.8 Å². The van der Waals surface area contributed by atoms with E-state index in [9.17, 15) is 8.42 Å². The average Bonchev–Trinajstić information content (AvgIpc) is 3.15. The zero-order valence-corrected chi connectivity index (χ0v) is 15.4. The molecule has 0 amide bonds. The van der Waals surface area contributed by atoms with Gasteiger partial charge in [0.15, 0.2) is 0 Å². The minimum atomic E-state index is -3.56. The van der Waals surface area contributed by atoms with Gasteiger partial charge in [0.2, 0.25) is 10.0 Å². The molecular formula is C19H23N3O2S. The summed E-state index contributed by atoms with van der Waals surface area (Å²) < 4.78 is 28.5. The molecule has 0 radical (unpaired) electrons. The van der Waals surface area contributed by atoms with Crippen molar-refractivity contribution in [2.24, 2.45) is 5.92 Å². The molecule has 1 aromatic heterocycles. The number of hydrogen-bond donors (Lipinski definition) is 0. The van der Waals surface area contributed by atoms with Crippen LogP contribution in [0.4, 0.5) is 0 Å². The summed E-state index contributed by atoms with van der Waals surface area (Å²) in [5, 5.41) is 1.58. The summed E-state index contributed by atoms with van der Waals surface area (Å²) in [5.74, 6) is 0.373. The standard InChI is InChI=1S/C19H23N3O2S/c1-13(2)21-10-8-16-12-22(14(3)19(16)21)25(23,24)18-6-4-5-15-11-20-9-7-17(15)18/h4-7,9,11,14,16,19H,1,8,10,12H2,2-3H3. The fourth-order valence-corrected chi connectivity index (χ4v) is 6.42. The maximum atomic E-state index is 13.4. The van der Waals surface area contributed by atoms with Crippen molar-refractivity contribution >= 4 is 20.8 Å². The molecule has 0 aliphatic carbocycles. The molecule has 0 bridgehead atoms. The number of fused-ring (bicyclic) bond motifs is 2. The van der Waals surface area contributed by atoms with E-state index in [1.54, 1.807) is 34.9 Å². The Morgan fingerprint density at radius 2 is 2.12 bits per heavy atom. The fraction of sp³-hybridized carbons (Fsp3) is 0.421. The van der Waals surface area contributed by atoms with Crippen molar-refractivity contribution in [3.63, 3.8) is 0 Å². The quantitative estimate of drug-likeness (QED) is 0.848. The van der Waals surface area contributed by atoms with Crippen LogP contribution in [0, 0.1) is 5.92 Å². The van der Waals surface area contributed by atoms with E-state index in [-0.39, 0.29) is 12.1 Å². The van der Waals surface area contributed by atoms with E-state index in [1.165, 1.54) is 0 Å². The van der Waals surface area contributed by atoms with Gasteiger partial charge >= 0.3 is 0 Å². The number of nitrogens with zero attached hydrogens (tertiary/aromatic N) is 3. The average molecular weight is 357 g/mol. The first-order chi connectivity index (χ1) is 11.9. The molecule has 3 heterocycles. The minimum Gasteiger partial charge on any atom is -0.371 e. The molecule has 5 nitrogen and oxygen atoms in total. The molecule has 2 fully saturated rings. The van der Waals surface area contributed by atoms with Gasteiger partial charge < -0.3 is 4.90 Å². The van der Waals surface area contributed by atoms with Crippen molar-refractivity contribution in [1.29, 1.82) is 0 Å². The second-order valence-corrected chi connectivity index (χ2v) is 9.00. The predicted molar refractivity (Wildman–Crippen MR) is 98.5 cm³/mol. The van der Waals surface area contributed by atoms with Gasteiger partial charge in [0.1, 0.15) is 0 Å². The van der Waals surface area contributed by atoms with Gasteiger partial charge in [0.25, 0.3) is 0 Å². The first kappa shape index (κ1) is 16.5. The summed E-state index contributed by atoms with van der Waals surface area (Å²) in [5.41, 5.74) is 1.02. The van der Waals surface area contributed by atoms with Crippen LogP contribution >= 0.6 is 0 Å². The molecule has 0 saturated carbocycles. The van der Waals surface area contributed by atoms with Crippen LogP contribution in [0.2, 0.25) is 0 Å². The van der Waals surface area contributed by atoms with Gasteiger partial charge in [-0.25, -0.2) is 8.42 Å². The molecule has 4 rings (SSSR count). The monoisotopic (exact) mass is 357 g/mol. The first-order valence-corrected chi connectivity index (χ1v) is 10.1. The third-order valence-corrected chi connectivity index (χ3v) is 7.68. The van der Waals surface area contributed by atoms with Gasteiger partial charge in [0, 0.05) is 54.0 Å². The van der Waals surface area contributed by atoms with E-state index in [0.29, 0.717) is 17.4 Å². The number of sulfonamides is 1. The molecule has 2 aliphatic heterocycles. The second kappa shape index (κ2) is 5.81. The topological polar surface area (TPSA) is 53.5 Å². The fourth-order valence-electron chi connectivity index (χ4n) is 4.51. The zero-order valence-electron chi connectivity index (χ0n) is 14.6. The second-order valence-electron chi connectivity index (χ2n) is 7.14. The van der Waals surface area contributed by atoms with Crippen LogP contribution in [0.1, 0.15) is 20.3 Å². The van der Waals surface area contributed by atoms with Gasteiger partial charge in [-0.15, -0.1) is 0 Å². The Hall–Kier alpha value is -1.92. The highest BCUT2D eigenvalue weighted by molar-refractivity contribution is 7.89. The van der Waals surface area contributed by atoms with E-state index >= 15 is 0 Å². The number of rotatable bonds is 3. The van der Waals surface area contributed by atoms with Gasteiger partial charge in [0.05, 0.1) is 4.90 Å². The Bertz CT molecular complexity index is 935. The van der Waals surface area contributed by atoms with E-state index in [2.05, 4.69) is 16.5 Å².